The summed E-state index contributed by atoms with van der Waals surface area (Å²) >= 11 is 0. The molecule has 4 N–H and O–H groups in total. The molecule has 0 bridgehead atoms. The van der Waals surface area contributed by atoms with Gasteiger partial charge in [0.05, 0.1) is 5.56 Å². The van der Waals surface area contributed by atoms with E-state index in [0.29, 0.717) is 71.5 Å². The van der Waals surface area contributed by atoms with Crippen LogP contribution < -0.4 is 10.1 Å². The molecule has 3 aromatic carbocycles. The first-order valence-electron chi connectivity index (χ1n) is 13.5. The number of carbonyl (C=O) groups is 2. The van der Waals surface area contributed by atoms with E-state index >= 15 is 0 Å². The molecule has 1 spiro atoms. The lowest BCUT2D eigenvalue weighted by atomic mass is 9.77. The topological polar surface area (TPSA) is 125 Å². The van der Waals surface area contributed by atoms with Crippen molar-refractivity contribution in [2.75, 3.05) is 13.2 Å². The van der Waals surface area contributed by atoms with Crippen molar-refractivity contribution in [3.8, 4) is 23.0 Å². The molecular formula is C31H33NO7. The van der Waals surface area contributed by atoms with Crippen molar-refractivity contribution in [2.24, 2.45) is 0 Å². The molecule has 39 heavy (non-hydrogen) atoms. The van der Waals surface area contributed by atoms with E-state index in [-0.39, 0.29) is 24.0 Å². The van der Waals surface area contributed by atoms with Crippen LogP contribution in [0, 0.1) is 0 Å². The van der Waals surface area contributed by atoms with Crippen molar-refractivity contribution in [2.45, 2.75) is 57.0 Å². The number of carbonyl (C=O) groups excluding carboxylic acids is 2. The summed E-state index contributed by atoms with van der Waals surface area (Å²) in [5, 5.41) is 32.7. The van der Waals surface area contributed by atoms with Crippen LogP contribution in [-0.4, -0.2) is 40.3 Å². The van der Waals surface area contributed by atoms with E-state index in [4.69, 9.17) is 14.6 Å². The summed E-state index contributed by atoms with van der Waals surface area (Å²) in [4.78, 5) is 25.2. The van der Waals surface area contributed by atoms with Crippen LogP contribution in [0.4, 0.5) is 0 Å². The van der Waals surface area contributed by atoms with Crippen LogP contribution in [0.15, 0.2) is 54.6 Å². The van der Waals surface area contributed by atoms with Crippen molar-refractivity contribution in [1.82, 2.24) is 5.32 Å². The third-order valence-electron chi connectivity index (χ3n) is 7.40. The van der Waals surface area contributed by atoms with Gasteiger partial charge in [0, 0.05) is 48.4 Å². The maximum Gasteiger partial charge on any atom is 0.340 e. The standard InChI is InChI=1S/C31H33NO7/c33-16-8-2-1-7-15-32-29(36)12-6-3-9-20-17-25-28(19-26(20)35)38-27-18-21(34)13-14-24(27)31(25)23-11-5-4-10-22(23)30(37)39-31/h4-5,10-11,13-14,17-19,33-35H,1-3,6-9,12,15-16H2,(H,32,36). The summed E-state index contributed by atoms with van der Waals surface area (Å²) < 4.78 is 12.2. The fraction of sp³-hybridized carbons (Fsp3) is 0.355. The number of fused-ring (bicyclic) bond motifs is 6. The summed E-state index contributed by atoms with van der Waals surface area (Å²) in [5.74, 6) is 0.310. The molecule has 8 nitrogen and oxygen atoms in total. The number of aliphatic hydroxyl groups excluding tert-OH is 1. The van der Waals surface area contributed by atoms with Crippen molar-refractivity contribution in [1.29, 1.82) is 0 Å². The normalized spacial score (nSPS) is 16.7. The highest BCUT2D eigenvalue weighted by Crippen LogP contribution is 2.57. The molecule has 2 aliphatic heterocycles. The van der Waals surface area contributed by atoms with Crippen molar-refractivity contribution < 1.29 is 34.4 Å². The van der Waals surface area contributed by atoms with Gasteiger partial charge in [0.2, 0.25) is 5.91 Å². The second-order valence-electron chi connectivity index (χ2n) is 10.1. The SMILES string of the molecule is O=C(CCCCc1cc2c(cc1O)Oc1cc(O)ccc1C21OC(=O)c2ccccc21)NCCCCCCO. The minimum atomic E-state index is -1.27. The second kappa shape index (κ2) is 11.4. The van der Waals surface area contributed by atoms with Crippen LogP contribution in [0.25, 0.3) is 0 Å². The summed E-state index contributed by atoms with van der Waals surface area (Å²) in [7, 11) is 0. The lowest BCUT2D eigenvalue weighted by Gasteiger charge is -2.37. The quantitative estimate of drug-likeness (QED) is 0.202. The minimum absolute atomic E-state index is 0.00788. The van der Waals surface area contributed by atoms with Gasteiger partial charge in [0.1, 0.15) is 23.0 Å². The number of benzene rings is 3. The molecule has 2 aliphatic rings. The number of rotatable bonds is 11. The number of nitrogens with one attached hydrogen (secondary N) is 1. The highest BCUT2D eigenvalue weighted by atomic mass is 16.6. The zero-order valence-corrected chi connectivity index (χ0v) is 21.7. The lowest BCUT2D eigenvalue weighted by Crippen LogP contribution is -2.33. The Morgan fingerprint density at radius 2 is 1.64 bits per heavy atom. The number of hydrogen-bond acceptors (Lipinski definition) is 7. The molecule has 204 valence electrons. The largest absolute Gasteiger partial charge is 0.508 e. The summed E-state index contributed by atoms with van der Waals surface area (Å²) in [6, 6.07) is 15.3. The molecule has 1 atom stereocenters. The van der Waals surface area contributed by atoms with Crippen molar-refractivity contribution >= 4 is 11.9 Å². The number of phenolic OH excluding ortho intramolecular Hbond substituents is 2. The highest BCUT2D eigenvalue weighted by Gasteiger charge is 2.53. The number of aromatic hydroxyl groups is 2. The van der Waals surface area contributed by atoms with Gasteiger partial charge in [-0.1, -0.05) is 31.0 Å². The van der Waals surface area contributed by atoms with E-state index in [0.717, 1.165) is 25.7 Å². The van der Waals surface area contributed by atoms with E-state index in [1.54, 1.807) is 18.2 Å². The van der Waals surface area contributed by atoms with Gasteiger partial charge in [-0.05, 0) is 61.9 Å². The number of amides is 1. The fourth-order valence-corrected chi connectivity index (χ4v) is 5.45. The van der Waals surface area contributed by atoms with Crippen LogP contribution in [0.1, 0.15) is 77.6 Å². The highest BCUT2D eigenvalue weighted by molar-refractivity contribution is 5.97. The number of aryl methyl sites for hydroxylation is 1. The smallest absolute Gasteiger partial charge is 0.340 e. The van der Waals surface area contributed by atoms with Gasteiger partial charge in [-0.3, -0.25) is 4.79 Å². The molecular weight excluding hydrogens is 498 g/mol. The Bertz CT molecular complexity index is 1390. The van der Waals surface area contributed by atoms with Crippen LogP contribution >= 0.6 is 0 Å². The van der Waals surface area contributed by atoms with Crippen molar-refractivity contribution in [3.63, 3.8) is 0 Å². The number of hydrogen-bond donors (Lipinski definition) is 4. The third-order valence-corrected chi connectivity index (χ3v) is 7.40. The fourth-order valence-electron chi connectivity index (χ4n) is 5.45. The van der Waals surface area contributed by atoms with Gasteiger partial charge >= 0.3 is 5.97 Å². The van der Waals surface area contributed by atoms with Crippen molar-refractivity contribution in [3.05, 3.63) is 82.4 Å². The Hall–Kier alpha value is -4.04. The molecule has 0 fully saturated rings. The number of phenols is 2. The predicted octanol–water partition coefficient (Wildman–Crippen LogP) is 5.05. The number of aliphatic hydroxyl groups is 1. The molecule has 5 rings (SSSR count). The first-order valence-corrected chi connectivity index (χ1v) is 13.5. The Morgan fingerprint density at radius 3 is 2.49 bits per heavy atom. The molecule has 3 aromatic rings. The molecule has 0 saturated heterocycles. The molecule has 1 amide bonds. The molecule has 8 heteroatoms. The average Bonchev–Trinajstić information content (AvgIpc) is 3.21. The average molecular weight is 532 g/mol. The van der Waals surface area contributed by atoms with E-state index < -0.39 is 11.6 Å². The Balaban J connectivity index is 1.33. The number of ether oxygens (including phenoxy) is 2. The zero-order chi connectivity index (χ0) is 27.4. The Morgan fingerprint density at radius 1 is 0.846 bits per heavy atom. The first kappa shape index (κ1) is 26.6. The van der Waals surface area contributed by atoms with E-state index in [1.807, 2.05) is 18.2 Å². The van der Waals surface area contributed by atoms with Crippen LogP contribution in [0.2, 0.25) is 0 Å². The van der Waals surface area contributed by atoms with E-state index in [9.17, 15) is 19.8 Å². The summed E-state index contributed by atoms with van der Waals surface area (Å²) in [5.41, 5.74) is 1.73. The number of esters is 1. The molecule has 0 aliphatic carbocycles. The van der Waals surface area contributed by atoms with Gasteiger partial charge in [-0.2, -0.15) is 0 Å². The maximum absolute atomic E-state index is 13.0. The Labute approximate surface area is 227 Å². The molecule has 1 unspecified atom stereocenters. The van der Waals surface area contributed by atoms with Crippen LogP contribution in [0.5, 0.6) is 23.0 Å². The van der Waals surface area contributed by atoms with E-state index in [1.165, 1.54) is 18.2 Å². The maximum atomic E-state index is 13.0. The minimum Gasteiger partial charge on any atom is -0.508 e. The molecule has 0 radical (unpaired) electrons. The van der Waals surface area contributed by atoms with E-state index in [2.05, 4.69) is 5.32 Å². The molecule has 2 heterocycles. The molecule has 0 aromatic heterocycles. The van der Waals surface area contributed by atoms with Gasteiger partial charge in [-0.25, -0.2) is 4.79 Å². The molecule has 0 saturated carbocycles. The summed E-state index contributed by atoms with van der Waals surface area (Å²) in [6.07, 6.45) is 5.91. The number of unbranched alkanes of at least 4 members (excludes halogenated alkanes) is 4. The zero-order valence-electron chi connectivity index (χ0n) is 21.7. The predicted molar refractivity (Wildman–Crippen MR) is 144 cm³/mol. The third kappa shape index (κ3) is 5.16. The second-order valence-corrected chi connectivity index (χ2v) is 10.1. The van der Waals surface area contributed by atoms with Crippen LogP contribution in [-0.2, 0) is 21.6 Å². The first-order chi connectivity index (χ1) is 18.9. The Kier molecular flexibility index (Phi) is 7.74. The monoisotopic (exact) mass is 531 g/mol. The summed E-state index contributed by atoms with van der Waals surface area (Å²) in [6.45, 7) is 0.841. The lowest BCUT2D eigenvalue weighted by molar-refractivity contribution is -0.121. The van der Waals surface area contributed by atoms with Crippen LogP contribution in [0.3, 0.4) is 0 Å². The van der Waals surface area contributed by atoms with Gasteiger partial charge in [-0.15, -0.1) is 0 Å². The van der Waals surface area contributed by atoms with Gasteiger partial charge < -0.3 is 30.1 Å². The van der Waals surface area contributed by atoms with Gasteiger partial charge in [0.15, 0.2) is 5.60 Å². The van der Waals surface area contributed by atoms with Gasteiger partial charge in [0.25, 0.3) is 0 Å².